The predicted octanol–water partition coefficient (Wildman–Crippen LogP) is 3.06. The summed E-state index contributed by atoms with van der Waals surface area (Å²) < 4.78 is 51.2. The Kier molecular flexibility index (Phi) is 11.9. The molecule has 0 radical (unpaired) electrons. The van der Waals surface area contributed by atoms with Gasteiger partial charge in [-0.25, -0.2) is 32.8 Å². The van der Waals surface area contributed by atoms with Crippen LogP contribution >= 0.6 is 54.0 Å². The molecule has 0 spiro atoms. The lowest BCUT2D eigenvalue weighted by Gasteiger charge is -2.42. The highest BCUT2D eigenvalue weighted by molar-refractivity contribution is 7.59. The number of rotatable bonds is 5. The number of carbonyl (C=O) groups is 1. The maximum atomic E-state index is 15.3. The first-order valence-electron chi connectivity index (χ1n) is 11.5. The smallest absolute Gasteiger partial charge is 0.275 e. The van der Waals surface area contributed by atoms with Gasteiger partial charge in [0.15, 0.2) is 5.82 Å². The van der Waals surface area contributed by atoms with Gasteiger partial charge in [0.2, 0.25) is 0 Å². The Balaban J connectivity index is 0.00000220. The van der Waals surface area contributed by atoms with Crippen LogP contribution in [0.4, 0.5) is 18.9 Å². The molecule has 18 heteroatoms. The Morgan fingerprint density at radius 3 is 2.52 bits per heavy atom. The van der Waals surface area contributed by atoms with Gasteiger partial charge in [0.25, 0.3) is 11.8 Å². The molecule has 1 saturated heterocycles. The van der Waals surface area contributed by atoms with Crippen LogP contribution < -0.4 is 11.1 Å². The van der Waals surface area contributed by atoms with Crippen LogP contribution in [0, 0.1) is 28.5 Å². The average Bonchev–Trinajstić information content (AvgIpc) is 3.54. The van der Waals surface area contributed by atoms with Gasteiger partial charge in [-0.15, -0.1) is 0 Å². The van der Waals surface area contributed by atoms with E-state index in [9.17, 15) is 18.8 Å². The molecule has 1 amide bonds. The summed E-state index contributed by atoms with van der Waals surface area (Å²) in [6.45, 7) is 1.83. The van der Waals surface area contributed by atoms with Crippen LogP contribution in [0.25, 0.3) is 5.82 Å². The van der Waals surface area contributed by atoms with Gasteiger partial charge in [-0.1, -0.05) is 0 Å². The first-order chi connectivity index (χ1) is 18.0. The molecule has 11 nitrogen and oxygen atoms in total. The number of anilines is 1. The van der Waals surface area contributed by atoms with Crippen LogP contribution in [0.1, 0.15) is 36.3 Å². The number of benzene rings is 1. The number of halogens is 3. The Morgan fingerprint density at radius 1 is 1.24 bits per heavy atom. The zero-order valence-electron chi connectivity index (χ0n) is 22.3. The van der Waals surface area contributed by atoms with E-state index in [1.165, 1.54) is 48.8 Å². The minimum absolute atomic E-state index is 0. The SMILES string of the molecule is CC(F)(F)[C@H]1OC[C@]2(c3cc(NC(=O)c4cnc(-n5cncn5)cn4)ccc3F)N=C(N)[C@](C)(C#N)C[C@H]12.S.S.S.S. The zero-order chi connectivity index (χ0) is 27.3. The second-order valence-corrected chi connectivity index (χ2v) is 9.61. The van der Waals surface area contributed by atoms with Gasteiger partial charge in [-0.3, -0.25) is 9.79 Å². The van der Waals surface area contributed by atoms with Crippen molar-refractivity contribution in [1.82, 2.24) is 24.7 Å². The molecule has 4 heterocycles. The molecule has 1 fully saturated rings. The van der Waals surface area contributed by atoms with Gasteiger partial charge < -0.3 is 15.8 Å². The molecule has 2 aliphatic rings. The van der Waals surface area contributed by atoms with E-state index in [0.29, 0.717) is 12.7 Å². The van der Waals surface area contributed by atoms with E-state index < -0.39 is 40.6 Å². The molecule has 42 heavy (non-hydrogen) atoms. The Labute approximate surface area is 267 Å². The van der Waals surface area contributed by atoms with Crippen molar-refractivity contribution in [3.8, 4) is 11.9 Å². The Morgan fingerprint density at radius 2 is 1.95 bits per heavy atom. The summed E-state index contributed by atoms with van der Waals surface area (Å²) in [5.74, 6) is -5.49. The fraction of sp³-hybridized carbons (Fsp3) is 0.375. The van der Waals surface area contributed by atoms with Crippen LogP contribution in [0.15, 0.2) is 48.2 Å². The second-order valence-electron chi connectivity index (χ2n) is 9.61. The zero-order valence-corrected chi connectivity index (χ0v) is 26.3. The number of nitrogens with zero attached hydrogens (tertiary/aromatic N) is 7. The van der Waals surface area contributed by atoms with E-state index in [1.807, 2.05) is 6.07 Å². The highest BCUT2D eigenvalue weighted by Crippen LogP contribution is 2.55. The van der Waals surface area contributed by atoms with Crippen LogP contribution in [-0.4, -0.2) is 55.1 Å². The number of nitrogens with two attached hydrogens (primary N) is 1. The fourth-order valence-electron chi connectivity index (χ4n) is 4.92. The number of hydrogen-bond donors (Lipinski definition) is 2. The van der Waals surface area contributed by atoms with Gasteiger partial charge in [0.1, 0.15) is 47.1 Å². The second kappa shape index (κ2) is 13.5. The Bertz CT molecular complexity index is 1470. The lowest BCUT2D eigenvalue weighted by atomic mass is 9.66. The number of nitriles is 1. The van der Waals surface area contributed by atoms with Gasteiger partial charge >= 0.3 is 0 Å². The lowest BCUT2D eigenvalue weighted by molar-refractivity contribution is -0.118. The monoisotopic (exact) mass is 661 g/mol. The van der Waals surface area contributed by atoms with E-state index >= 15 is 4.39 Å². The Hall–Kier alpha value is -2.98. The summed E-state index contributed by atoms with van der Waals surface area (Å²) in [4.78, 5) is 29.3. The molecule has 0 unspecified atom stereocenters. The maximum Gasteiger partial charge on any atom is 0.275 e. The van der Waals surface area contributed by atoms with Crippen molar-refractivity contribution >= 4 is 71.4 Å². The highest BCUT2D eigenvalue weighted by Gasteiger charge is 2.62. The van der Waals surface area contributed by atoms with Gasteiger partial charge in [-0.05, 0) is 31.5 Å². The molecule has 228 valence electrons. The number of amides is 1. The van der Waals surface area contributed by atoms with Crippen molar-refractivity contribution in [2.75, 3.05) is 11.9 Å². The van der Waals surface area contributed by atoms with Crippen molar-refractivity contribution < 1.29 is 22.7 Å². The topological polar surface area (TPSA) is 157 Å². The molecule has 2 aliphatic heterocycles. The summed E-state index contributed by atoms with van der Waals surface area (Å²) in [6.07, 6.45) is 3.57. The maximum absolute atomic E-state index is 15.3. The van der Waals surface area contributed by atoms with Crippen LogP contribution in [0.5, 0.6) is 0 Å². The van der Waals surface area contributed by atoms with Crippen LogP contribution in [-0.2, 0) is 10.3 Å². The van der Waals surface area contributed by atoms with E-state index in [4.69, 9.17) is 10.5 Å². The molecule has 3 N–H and O–H groups in total. The average molecular weight is 662 g/mol. The standard InChI is InChI=1S/C24H22F3N9O2.4H2S/c1-22(9-28)6-15-19(23(2,26)27)38-10-24(15,35-21(22)29)14-5-13(3-4-16(14)25)34-20(37)17-7-32-18(8-31-17)36-12-30-11-33-36;;;;/h3-5,7-8,11-12,15,19H,6,10H2,1-2H3,(H2,29,35)(H,34,37);4*1H2/t15-,19+,22+,24-;;;;/m1..../s1. The molecule has 0 saturated carbocycles. The van der Waals surface area contributed by atoms with E-state index in [0.717, 1.165) is 6.07 Å². The number of hydrogen-bond acceptors (Lipinski definition) is 9. The van der Waals surface area contributed by atoms with E-state index in [1.54, 1.807) is 0 Å². The van der Waals surface area contributed by atoms with Crippen molar-refractivity contribution in [3.05, 3.63) is 60.3 Å². The molecule has 4 atom stereocenters. The number of amidine groups is 1. The van der Waals surface area contributed by atoms with E-state index in [-0.39, 0.29) is 89.8 Å². The number of fused-ring (bicyclic) bond motifs is 1. The fourth-order valence-corrected chi connectivity index (χ4v) is 4.92. The molecule has 5 rings (SSSR count). The van der Waals surface area contributed by atoms with Crippen molar-refractivity contribution in [1.29, 1.82) is 5.26 Å². The summed E-state index contributed by atoms with van der Waals surface area (Å²) in [5.41, 5.74) is 3.22. The van der Waals surface area contributed by atoms with Gasteiger partial charge in [0.05, 0.1) is 25.1 Å². The summed E-state index contributed by atoms with van der Waals surface area (Å²) >= 11 is 0. The molecule has 3 aromatic rings. The van der Waals surface area contributed by atoms with Crippen LogP contribution in [0.2, 0.25) is 0 Å². The van der Waals surface area contributed by atoms with E-state index in [2.05, 4.69) is 30.4 Å². The van der Waals surface area contributed by atoms with Crippen molar-refractivity contribution in [2.45, 2.75) is 37.8 Å². The third-order valence-corrected chi connectivity index (χ3v) is 6.94. The number of alkyl halides is 2. The first kappa shape index (κ1) is 37.0. The number of aliphatic imine (C=N–C) groups is 1. The lowest BCUT2D eigenvalue weighted by Crippen LogP contribution is -2.52. The molecule has 1 aromatic carbocycles. The molecule has 2 aromatic heterocycles. The first-order valence-corrected chi connectivity index (χ1v) is 11.5. The normalized spacial score (nSPS) is 24.2. The van der Waals surface area contributed by atoms with Gasteiger partial charge in [0, 0.05) is 24.1 Å². The van der Waals surface area contributed by atoms with Crippen LogP contribution in [0.3, 0.4) is 0 Å². The quantitative estimate of drug-likeness (QED) is 0.423. The molecule has 0 bridgehead atoms. The summed E-state index contributed by atoms with van der Waals surface area (Å²) in [5, 5.41) is 16.2. The summed E-state index contributed by atoms with van der Waals surface area (Å²) in [6, 6.07) is 5.76. The molecule has 0 aliphatic carbocycles. The minimum Gasteiger partial charge on any atom is -0.386 e. The molecular weight excluding hydrogens is 632 g/mol. The van der Waals surface area contributed by atoms with Crippen molar-refractivity contribution in [2.24, 2.45) is 22.1 Å². The highest BCUT2D eigenvalue weighted by atomic mass is 32.1. The number of ether oxygens (including phenoxy) is 1. The minimum atomic E-state index is -3.29. The predicted molar refractivity (Wildman–Crippen MR) is 168 cm³/mol. The molecular formula is C24H30F3N9O2S4. The number of aromatic nitrogens is 5. The largest absolute Gasteiger partial charge is 0.386 e. The van der Waals surface area contributed by atoms with Crippen molar-refractivity contribution in [3.63, 3.8) is 0 Å². The third kappa shape index (κ3) is 6.49. The third-order valence-electron chi connectivity index (χ3n) is 6.94. The number of carbonyl (C=O) groups excluding carboxylic acids is 1. The summed E-state index contributed by atoms with van der Waals surface area (Å²) in [7, 11) is 0. The number of nitrogens with one attached hydrogen (secondary N) is 1. The van der Waals surface area contributed by atoms with Gasteiger partial charge in [-0.2, -0.15) is 64.3 Å².